The molecule has 6 heteroatoms. The second kappa shape index (κ2) is 9.08. The smallest absolute Gasteiger partial charge is 0.134 e. The minimum Gasteiger partial charge on any atom is -0.496 e. The molecule has 29 heavy (non-hydrogen) atoms. The summed E-state index contributed by atoms with van der Waals surface area (Å²) in [4.78, 5) is 7.58. The molecular formula is C23H28N3O2S+. The van der Waals surface area contributed by atoms with E-state index in [2.05, 4.69) is 19.1 Å². The van der Waals surface area contributed by atoms with Gasteiger partial charge in [0.1, 0.15) is 36.5 Å². The summed E-state index contributed by atoms with van der Waals surface area (Å²) in [5, 5.41) is 10.5. The van der Waals surface area contributed by atoms with Gasteiger partial charge in [-0.2, -0.15) is 5.26 Å². The molecule has 1 saturated heterocycles. The lowest BCUT2D eigenvalue weighted by Crippen LogP contribution is -3.12. The van der Waals surface area contributed by atoms with Crippen LogP contribution in [0.3, 0.4) is 0 Å². The molecule has 1 aromatic carbocycles. The molecule has 4 rings (SSSR count). The summed E-state index contributed by atoms with van der Waals surface area (Å²) in [6.45, 7) is 6.88. The summed E-state index contributed by atoms with van der Waals surface area (Å²) in [6.07, 6.45) is 5.12. The van der Waals surface area contributed by atoms with Crippen molar-refractivity contribution in [1.82, 2.24) is 0 Å². The van der Waals surface area contributed by atoms with Gasteiger partial charge in [-0.05, 0) is 54.5 Å². The van der Waals surface area contributed by atoms with E-state index < -0.39 is 0 Å². The summed E-state index contributed by atoms with van der Waals surface area (Å²) in [7, 11) is 1.72. The van der Waals surface area contributed by atoms with Crippen LogP contribution in [0, 0.1) is 17.2 Å². The lowest BCUT2D eigenvalue weighted by molar-refractivity contribution is -0.921. The van der Waals surface area contributed by atoms with Crippen molar-refractivity contribution in [2.24, 2.45) is 10.9 Å². The average molecular weight is 411 g/mol. The number of nitrogens with zero attached hydrogens (tertiary/aromatic N) is 2. The highest BCUT2D eigenvalue weighted by molar-refractivity contribution is 7.16. The Morgan fingerprint density at radius 3 is 2.97 bits per heavy atom. The minimum absolute atomic E-state index is 0.691. The highest BCUT2D eigenvalue weighted by atomic mass is 32.1. The number of fused-ring (bicyclic) bond motifs is 1. The van der Waals surface area contributed by atoms with Gasteiger partial charge in [0.25, 0.3) is 0 Å². The number of benzene rings is 1. The fourth-order valence-electron chi connectivity index (χ4n) is 4.20. The minimum atomic E-state index is 0.691. The predicted octanol–water partition coefficient (Wildman–Crippen LogP) is 2.92. The molecule has 1 atom stereocenters. The van der Waals surface area contributed by atoms with Crippen LogP contribution >= 0.6 is 11.3 Å². The first-order valence-electron chi connectivity index (χ1n) is 10.3. The Kier molecular flexibility index (Phi) is 6.29. The fourth-order valence-corrected chi connectivity index (χ4v) is 5.50. The van der Waals surface area contributed by atoms with E-state index in [1.165, 1.54) is 20.9 Å². The van der Waals surface area contributed by atoms with E-state index in [-0.39, 0.29) is 0 Å². The fraction of sp³-hybridized carbons (Fsp3) is 0.478. The van der Waals surface area contributed by atoms with E-state index in [0.29, 0.717) is 5.92 Å². The van der Waals surface area contributed by atoms with E-state index >= 15 is 0 Å². The Labute approximate surface area is 176 Å². The van der Waals surface area contributed by atoms with Crippen LogP contribution in [0.15, 0.2) is 23.2 Å². The summed E-state index contributed by atoms with van der Waals surface area (Å²) in [5.74, 6) is 1.61. The Hall–Kier alpha value is -2.20. The second-order valence-corrected chi connectivity index (χ2v) is 9.10. The van der Waals surface area contributed by atoms with Gasteiger partial charge in [-0.1, -0.05) is 6.92 Å². The van der Waals surface area contributed by atoms with Gasteiger partial charge in [0.2, 0.25) is 0 Å². The van der Waals surface area contributed by atoms with Crippen LogP contribution in [-0.4, -0.2) is 39.6 Å². The number of nitrogens with one attached hydrogen (secondary N) is 1. The molecule has 0 amide bonds. The van der Waals surface area contributed by atoms with Gasteiger partial charge in [-0.15, -0.1) is 11.3 Å². The summed E-state index contributed by atoms with van der Waals surface area (Å²) in [6, 6.07) is 8.61. The van der Waals surface area contributed by atoms with E-state index in [9.17, 15) is 5.26 Å². The number of hydrogen-bond donors (Lipinski definition) is 1. The zero-order valence-electron chi connectivity index (χ0n) is 17.2. The Morgan fingerprint density at radius 2 is 2.21 bits per heavy atom. The third kappa shape index (κ3) is 4.53. The monoisotopic (exact) mass is 410 g/mol. The number of quaternary nitrogens is 1. The number of thiophene rings is 1. The van der Waals surface area contributed by atoms with Gasteiger partial charge >= 0.3 is 0 Å². The molecule has 1 aromatic heterocycles. The van der Waals surface area contributed by atoms with E-state index in [4.69, 9.17) is 14.5 Å². The maximum atomic E-state index is 9.67. The molecule has 1 aliphatic heterocycles. The van der Waals surface area contributed by atoms with Crippen molar-refractivity contribution in [3.8, 4) is 11.8 Å². The highest BCUT2D eigenvalue weighted by Crippen LogP contribution is 2.40. The zero-order chi connectivity index (χ0) is 20.2. The number of aliphatic imine (C=N–C) groups is 1. The van der Waals surface area contributed by atoms with Crippen molar-refractivity contribution in [3.05, 3.63) is 45.3 Å². The number of ether oxygens (including phenoxy) is 2. The average Bonchev–Trinajstić information content (AvgIpc) is 3.09. The largest absolute Gasteiger partial charge is 0.496 e. The Bertz CT molecular complexity index is 938. The van der Waals surface area contributed by atoms with Crippen molar-refractivity contribution >= 4 is 22.6 Å². The summed E-state index contributed by atoms with van der Waals surface area (Å²) >= 11 is 1.69. The van der Waals surface area contributed by atoms with Gasteiger partial charge in [-0.3, -0.25) is 0 Å². The quantitative estimate of drug-likeness (QED) is 0.771. The van der Waals surface area contributed by atoms with Gasteiger partial charge in [0.15, 0.2) is 0 Å². The van der Waals surface area contributed by atoms with Crippen LogP contribution in [0.5, 0.6) is 5.75 Å². The summed E-state index contributed by atoms with van der Waals surface area (Å²) in [5.41, 5.74) is 4.24. The number of methoxy groups -OCH3 is 1. The molecule has 2 aromatic rings. The maximum absolute atomic E-state index is 9.67. The SMILES string of the molecule is COc1ccc(C=Nc2sc3c(c2C#N)CC[C@@H](C)C3)cc1C[NH+]1CCOCC1. The summed E-state index contributed by atoms with van der Waals surface area (Å²) < 4.78 is 11.0. The molecule has 0 unspecified atom stereocenters. The molecule has 5 nitrogen and oxygen atoms in total. The maximum Gasteiger partial charge on any atom is 0.134 e. The van der Waals surface area contributed by atoms with Crippen molar-refractivity contribution in [1.29, 1.82) is 5.26 Å². The molecule has 2 heterocycles. The topological polar surface area (TPSA) is 59.0 Å². The molecule has 0 spiro atoms. The number of morpholine rings is 1. The van der Waals surface area contributed by atoms with E-state index in [1.54, 1.807) is 18.4 Å². The molecular weight excluding hydrogens is 382 g/mol. The normalized spacial score (nSPS) is 19.8. The molecule has 0 bridgehead atoms. The van der Waals surface area contributed by atoms with Gasteiger partial charge in [0.05, 0.1) is 25.9 Å². The van der Waals surface area contributed by atoms with Crippen molar-refractivity contribution in [2.75, 3.05) is 33.4 Å². The Morgan fingerprint density at radius 1 is 1.38 bits per heavy atom. The Balaban J connectivity index is 1.57. The van der Waals surface area contributed by atoms with Crippen LogP contribution in [0.25, 0.3) is 0 Å². The lowest BCUT2D eigenvalue weighted by atomic mass is 9.89. The van der Waals surface area contributed by atoms with Crippen LogP contribution in [0.4, 0.5) is 5.00 Å². The van der Waals surface area contributed by atoms with Gasteiger partial charge in [-0.25, -0.2) is 4.99 Å². The molecule has 1 N–H and O–H groups in total. The van der Waals surface area contributed by atoms with E-state index in [1.807, 2.05) is 18.3 Å². The molecule has 152 valence electrons. The van der Waals surface area contributed by atoms with Crippen LogP contribution < -0.4 is 9.64 Å². The molecule has 2 aliphatic rings. The van der Waals surface area contributed by atoms with Crippen molar-refractivity contribution < 1.29 is 14.4 Å². The predicted molar refractivity (Wildman–Crippen MR) is 116 cm³/mol. The van der Waals surface area contributed by atoms with Crippen LogP contribution in [-0.2, 0) is 24.1 Å². The van der Waals surface area contributed by atoms with Gasteiger partial charge < -0.3 is 14.4 Å². The van der Waals surface area contributed by atoms with Crippen LogP contribution in [0.2, 0.25) is 0 Å². The second-order valence-electron chi connectivity index (χ2n) is 8.01. The molecule has 1 fully saturated rings. The van der Waals surface area contributed by atoms with E-state index in [0.717, 1.165) is 74.0 Å². The number of rotatable bonds is 5. The first-order valence-corrected chi connectivity index (χ1v) is 11.2. The third-order valence-electron chi connectivity index (χ3n) is 5.88. The lowest BCUT2D eigenvalue weighted by Gasteiger charge is -2.24. The number of nitriles is 1. The van der Waals surface area contributed by atoms with Gasteiger partial charge in [0, 0.05) is 16.7 Å². The first-order chi connectivity index (χ1) is 14.2. The third-order valence-corrected chi connectivity index (χ3v) is 7.04. The van der Waals surface area contributed by atoms with Crippen molar-refractivity contribution in [3.63, 3.8) is 0 Å². The zero-order valence-corrected chi connectivity index (χ0v) is 18.0. The highest BCUT2D eigenvalue weighted by Gasteiger charge is 2.23. The molecule has 0 radical (unpaired) electrons. The van der Waals surface area contributed by atoms with Crippen LogP contribution in [0.1, 0.15) is 40.5 Å². The van der Waals surface area contributed by atoms with Crippen molar-refractivity contribution in [2.45, 2.75) is 32.7 Å². The number of hydrogen-bond acceptors (Lipinski definition) is 5. The molecule has 1 aliphatic carbocycles. The molecule has 0 saturated carbocycles. The standard InChI is InChI=1S/C23H27N3O2S/c1-16-3-5-19-20(13-24)23(29-22(19)11-16)25-14-17-4-6-21(27-2)18(12-17)15-26-7-9-28-10-8-26/h4,6,12,14,16H,3,5,7-11,15H2,1-2H3/p+1/t16-/m1/s1. The first kappa shape index (κ1) is 20.1.